The summed E-state index contributed by atoms with van der Waals surface area (Å²) in [6.07, 6.45) is 3.26. The summed E-state index contributed by atoms with van der Waals surface area (Å²) in [6, 6.07) is 9.54. The number of Topliss-reactive ketones (excluding diaryl/α,β-unsaturated/α-hetero) is 1. The van der Waals surface area contributed by atoms with Crippen molar-refractivity contribution in [2.24, 2.45) is 5.92 Å². The molecular weight excluding hydrogens is 438 g/mol. The first-order valence-corrected chi connectivity index (χ1v) is 11.3. The number of nitrogens with zero attached hydrogens (tertiary/aromatic N) is 1. The maximum Gasteiger partial charge on any atom is 0.251 e. The fourth-order valence-electron chi connectivity index (χ4n) is 3.56. The molecule has 0 bridgehead atoms. The third-order valence-electron chi connectivity index (χ3n) is 5.67. The standard InChI is InChI=1S/C24H27Cl2FN2O2/c1-3-23(30)19-8-6-16(11-22(19)27)10-18(29(2)14-15-4-5-15)13-28-24(31)17-7-9-20(25)21(26)12-17/h6-9,11-12,15,18H,3-5,10,13-14H2,1-2H3,(H,28,31)/t18-/m0/s1. The Balaban J connectivity index is 1.70. The molecule has 1 saturated carbocycles. The van der Waals surface area contributed by atoms with Crippen LogP contribution in [0.5, 0.6) is 0 Å². The average molecular weight is 465 g/mol. The van der Waals surface area contributed by atoms with E-state index in [-0.39, 0.29) is 29.7 Å². The molecule has 1 fully saturated rings. The zero-order valence-corrected chi connectivity index (χ0v) is 19.3. The number of halogens is 3. The smallest absolute Gasteiger partial charge is 0.251 e. The van der Waals surface area contributed by atoms with E-state index in [9.17, 15) is 14.0 Å². The molecule has 0 saturated heterocycles. The van der Waals surface area contributed by atoms with Crippen molar-refractivity contribution in [3.8, 4) is 0 Å². The van der Waals surface area contributed by atoms with Crippen molar-refractivity contribution in [1.82, 2.24) is 10.2 Å². The van der Waals surface area contributed by atoms with Gasteiger partial charge in [-0.1, -0.05) is 36.2 Å². The number of hydrogen-bond donors (Lipinski definition) is 1. The molecule has 1 atom stereocenters. The zero-order chi connectivity index (χ0) is 22.5. The van der Waals surface area contributed by atoms with Gasteiger partial charge in [-0.25, -0.2) is 4.39 Å². The molecule has 3 rings (SSSR count). The maximum absolute atomic E-state index is 14.4. The van der Waals surface area contributed by atoms with Crippen LogP contribution in [0.1, 0.15) is 52.5 Å². The Morgan fingerprint density at radius 2 is 1.90 bits per heavy atom. The van der Waals surface area contributed by atoms with Crippen LogP contribution in [-0.4, -0.2) is 42.8 Å². The van der Waals surface area contributed by atoms with Gasteiger partial charge in [0.25, 0.3) is 5.91 Å². The Kier molecular flexibility index (Phi) is 8.09. The van der Waals surface area contributed by atoms with Gasteiger partial charge in [-0.15, -0.1) is 0 Å². The minimum absolute atomic E-state index is 0.0144. The fraction of sp³-hybridized carbons (Fsp3) is 0.417. The third kappa shape index (κ3) is 6.52. The van der Waals surface area contributed by atoms with Crippen LogP contribution in [0.3, 0.4) is 0 Å². The highest BCUT2D eigenvalue weighted by atomic mass is 35.5. The van der Waals surface area contributed by atoms with Gasteiger partial charge in [-0.3, -0.25) is 9.59 Å². The van der Waals surface area contributed by atoms with Gasteiger partial charge in [0.2, 0.25) is 0 Å². The lowest BCUT2D eigenvalue weighted by molar-refractivity contribution is 0.0935. The number of likely N-dealkylation sites (N-methyl/N-ethyl adjacent to an activating group) is 1. The Labute approximate surface area is 192 Å². The van der Waals surface area contributed by atoms with Crippen LogP contribution in [0, 0.1) is 11.7 Å². The van der Waals surface area contributed by atoms with Crippen molar-refractivity contribution in [2.75, 3.05) is 20.1 Å². The van der Waals surface area contributed by atoms with E-state index in [1.165, 1.54) is 18.9 Å². The highest BCUT2D eigenvalue weighted by Crippen LogP contribution is 2.30. The number of nitrogens with one attached hydrogen (secondary N) is 1. The first-order valence-electron chi connectivity index (χ1n) is 10.5. The first-order chi connectivity index (χ1) is 14.8. The molecular formula is C24H27Cl2FN2O2. The minimum Gasteiger partial charge on any atom is -0.350 e. The molecule has 0 unspecified atom stereocenters. The third-order valence-corrected chi connectivity index (χ3v) is 6.41. The number of carbonyl (C=O) groups is 2. The highest BCUT2D eigenvalue weighted by Gasteiger charge is 2.27. The van der Waals surface area contributed by atoms with Gasteiger partial charge >= 0.3 is 0 Å². The number of ketones is 1. The van der Waals surface area contributed by atoms with Gasteiger partial charge in [0.05, 0.1) is 15.6 Å². The number of carbonyl (C=O) groups excluding carboxylic acids is 2. The summed E-state index contributed by atoms with van der Waals surface area (Å²) in [4.78, 5) is 26.7. The second-order valence-corrected chi connectivity index (χ2v) is 8.99. The normalized spacial score (nSPS) is 14.5. The van der Waals surface area contributed by atoms with E-state index in [0.717, 1.165) is 12.1 Å². The van der Waals surface area contributed by atoms with Crippen molar-refractivity contribution in [3.05, 3.63) is 69.0 Å². The van der Waals surface area contributed by atoms with E-state index in [1.54, 1.807) is 37.3 Å². The Morgan fingerprint density at radius 3 is 2.52 bits per heavy atom. The molecule has 1 amide bonds. The molecule has 0 heterocycles. The topological polar surface area (TPSA) is 49.4 Å². The van der Waals surface area contributed by atoms with Gasteiger partial charge in [-0.2, -0.15) is 0 Å². The highest BCUT2D eigenvalue weighted by molar-refractivity contribution is 6.42. The molecule has 166 valence electrons. The molecule has 0 aliphatic heterocycles. The van der Waals surface area contributed by atoms with E-state index in [2.05, 4.69) is 10.2 Å². The summed E-state index contributed by atoms with van der Waals surface area (Å²) in [5, 5.41) is 3.69. The second-order valence-electron chi connectivity index (χ2n) is 8.17. The Hall–Kier alpha value is -1.95. The lowest BCUT2D eigenvalue weighted by Gasteiger charge is -2.29. The molecule has 1 aliphatic rings. The number of benzene rings is 2. The van der Waals surface area contributed by atoms with Gasteiger partial charge < -0.3 is 10.2 Å². The van der Waals surface area contributed by atoms with E-state index in [1.807, 2.05) is 7.05 Å². The fourth-order valence-corrected chi connectivity index (χ4v) is 3.86. The van der Waals surface area contributed by atoms with Crippen LogP contribution in [0.25, 0.3) is 0 Å². The van der Waals surface area contributed by atoms with Crippen molar-refractivity contribution in [1.29, 1.82) is 0 Å². The molecule has 4 nitrogen and oxygen atoms in total. The SMILES string of the molecule is CCC(=O)c1ccc(C[C@@H](CNC(=O)c2ccc(Cl)c(Cl)c2)N(C)CC2CC2)cc1F. The molecule has 7 heteroatoms. The maximum atomic E-state index is 14.4. The minimum atomic E-state index is -0.493. The molecule has 2 aromatic rings. The van der Waals surface area contributed by atoms with Crippen molar-refractivity contribution in [2.45, 2.75) is 38.6 Å². The van der Waals surface area contributed by atoms with Crippen LogP contribution in [0.4, 0.5) is 4.39 Å². The number of rotatable bonds is 10. The summed E-state index contributed by atoms with van der Waals surface area (Å²) in [5.74, 6) is -0.258. The lowest BCUT2D eigenvalue weighted by Crippen LogP contribution is -2.44. The van der Waals surface area contributed by atoms with Gasteiger partial charge in [0.1, 0.15) is 5.82 Å². The van der Waals surface area contributed by atoms with Crippen LogP contribution in [0.15, 0.2) is 36.4 Å². The lowest BCUT2D eigenvalue weighted by atomic mass is 10.00. The van der Waals surface area contributed by atoms with Gasteiger partial charge in [0, 0.05) is 31.1 Å². The molecule has 0 radical (unpaired) electrons. The summed E-state index contributed by atoms with van der Waals surface area (Å²) in [7, 11) is 2.03. The summed E-state index contributed by atoms with van der Waals surface area (Å²) in [6.45, 7) is 3.05. The molecule has 0 spiro atoms. The first kappa shape index (κ1) is 23.7. The van der Waals surface area contributed by atoms with Gasteiger partial charge in [-0.05, 0) is 68.1 Å². The van der Waals surface area contributed by atoms with Crippen LogP contribution < -0.4 is 5.32 Å². The number of amides is 1. The van der Waals surface area contributed by atoms with Crippen molar-refractivity contribution in [3.63, 3.8) is 0 Å². The van der Waals surface area contributed by atoms with Crippen molar-refractivity contribution < 1.29 is 14.0 Å². The van der Waals surface area contributed by atoms with Crippen LogP contribution >= 0.6 is 23.2 Å². The summed E-state index contributed by atoms with van der Waals surface area (Å²) >= 11 is 12.0. The zero-order valence-electron chi connectivity index (χ0n) is 17.8. The quantitative estimate of drug-likeness (QED) is 0.478. The summed E-state index contributed by atoms with van der Waals surface area (Å²) < 4.78 is 14.4. The van der Waals surface area contributed by atoms with Crippen molar-refractivity contribution >= 4 is 34.9 Å². The van der Waals surface area contributed by atoms with Crippen LogP contribution in [0.2, 0.25) is 10.0 Å². The summed E-state index contributed by atoms with van der Waals surface area (Å²) in [5.41, 5.74) is 1.36. The van der Waals surface area contributed by atoms with E-state index in [4.69, 9.17) is 23.2 Å². The molecule has 0 aromatic heterocycles. The van der Waals surface area contributed by atoms with Crippen LogP contribution in [-0.2, 0) is 6.42 Å². The Bertz CT molecular complexity index is 963. The molecule has 1 aliphatic carbocycles. The largest absolute Gasteiger partial charge is 0.350 e. The van der Waals surface area contributed by atoms with Gasteiger partial charge in [0.15, 0.2) is 5.78 Å². The van der Waals surface area contributed by atoms with E-state index >= 15 is 0 Å². The molecule has 1 N–H and O–H groups in total. The Morgan fingerprint density at radius 1 is 1.16 bits per heavy atom. The molecule has 31 heavy (non-hydrogen) atoms. The predicted octanol–water partition coefficient (Wildman–Crippen LogP) is 5.41. The van der Waals surface area contributed by atoms with E-state index in [0.29, 0.717) is 34.5 Å². The monoisotopic (exact) mass is 464 g/mol. The molecule has 2 aromatic carbocycles. The predicted molar refractivity (Wildman–Crippen MR) is 123 cm³/mol. The van der Waals surface area contributed by atoms with E-state index < -0.39 is 5.82 Å². The average Bonchev–Trinajstić information content (AvgIpc) is 3.56. The number of hydrogen-bond acceptors (Lipinski definition) is 3. The second kappa shape index (κ2) is 10.6.